The molecule has 0 unspecified atom stereocenters. The van der Waals surface area contributed by atoms with Crippen LogP contribution < -0.4 is 0 Å². The molecule has 0 aromatic carbocycles. The predicted molar refractivity (Wildman–Crippen MR) is 8.50 cm³/mol. The van der Waals surface area contributed by atoms with Gasteiger partial charge in [0, 0.05) is 0 Å². The minimum absolute atomic E-state index is 0. The second kappa shape index (κ2) is 107. The van der Waals surface area contributed by atoms with Crippen molar-refractivity contribution in [3.8, 4) is 0 Å². The van der Waals surface area contributed by atoms with Crippen molar-refractivity contribution < 1.29 is 58.5 Å². The molecule has 0 saturated carbocycles. The van der Waals surface area contributed by atoms with Crippen LogP contribution in [0.4, 0.5) is 0 Å². The Morgan fingerprint density at radius 1 is 0.571 bits per heavy atom. The van der Waals surface area contributed by atoms with E-state index in [1.54, 1.807) is 0 Å². The topological polar surface area (TPSA) is 114 Å². The summed E-state index contributed by atoms with van der Waals surface area (Å²) < 4.78 is 0. The van der Waals surface area contributed by atoms with Crippen molar-refractivity contribution in [1.82, 2.24) is 0 Å². The zero-order chi connectivity index (χ0) is 0. The van der Waals surface area contributed by atoms with Crippen LogP contribution in [-0.2, 0) is 58.5 Å². The van der Waals surface area contributed by atoms with E-state index in [4.69, 9.17) is 0 Å². The van der Waals surface area contributed by atoms with Gasteiger partial charge in [-0.1, -0.05) is 0 Å². The third-order valence-electron chi connectivity index (χ3n) is 0. The molecule has 0 aromatic heterocycles. The van der Waals surface area contributed by atoms with E-state index in [1.807, 2.05) is 0 Å². The van der Waals surface area contributed by atoms with Gasteiger partial charge in [-0.05, 0) is 0 Å². The molecule has 0 heterocycles. The minimum atomic E-state index is 0. The van der Waals surface area contributed by atoms with Gasteiger partial charge >= 0.3 is 62.4 Å². The Bertz CT molecular complexity index is 11.7. The van der Waals surface area contributed by atoms with Crippen molar-refractivity contribution in [2.45, 2.75) is 0 Å². The molecule has 7 heavy (non-hydrogen) atoms. The van der Waals surface area contributed by atoms with E-state index >= 15 is 0 Å². The van der Waals surface area contributed by atoms with E-state index in [1.165, 1.54) is 0 Å². The Kier molecular flexibility index (Phi) is 2440. The molecule has 0 bridgehead atoms. The summed E-state index contributed by atoms with van der Waals surface area (Å²) in [7, 11) is 0. The second-order valence-corrected chi connectivity index (χ2v) is 0. The van der Waals surface area contributed by atoms with Gasteiger partial charge in [-0.15, -0.1) is 0 Å². The molecule has 7 heteroatoms. The average molecular weight is 300 g/mol. The van der Waals surface area contributed by atoms with E-state index in [2.05, 4.69) is 0 Å². The van der Waals surface area contributed by atoms with Gasteiger partial charge in [-0.25, -0.2) is 0 Å². The van der Waals surface area contributed by atoms with Crippen LogP contribution in [0.3, 0.4) is 0 Å². The minimum Gasteiger partial charge on any atom is -2.00 e. The van der Waals surface area contributed by atoms with Gasteiger partial charge in [0.2, 0.25) is 0 Å². The maximum Gasteiger partial charge on any atom is 3.00 e. The largest absolute Gasteiger partial charge is 3.00 e. The van der Waals surface area contributed by atoms with Crippen molar-refractivity contribution in [3.05, 3.63) is 0 Å². The number of rotatable bonds is 0. The Morgan fingerprint density at radius 2 is 0.571 bits per heavy atom. The molecule has 0 N–H and O–H groups in total. The zero-order valence-corrected chi connectivity index (χ0v) is 10.6. The molecule has 0 atom stereocenters. The van der Waals surface area contributed by atoms with Gasteiger partial charge in [0.05, 0.1) is 0 Å². The standard InChI is InChI=1S/Fe.In.4O.Zn/q2*+3;4*-2;+2. The van der Waals surface area contributed by atoms with Gasteiger partial charge in [-0.3, -0.25) is 0 Å². The summed E-state index contributed by atoms with van der Waals surface area (Å²) in [4.78, 5) is 0. The molecule has 0 rings (SSSR count). The average Bonchev–Trinajstić information content (AvgIpc) is 0. The first kappa shape index (κ1) is 159. The molecule has 0 amide bonds. The van der Waals surface area contributed by atoms with Crippen molar-refractivity contribution in [3.63, 3.8) is 0 Å². The molecule has 37 valence electrons. The summed E-state index contributed by atoms with van der Waals surface area (Å²) in [6, 6.07) is 0. The van der Waals surface area contributed by atoms with E-state index in [0.29, 0.717) is 0 Å². The first-order chi connectivity index (χ1) is 0. The summed E-state index contributed by atoms with van der Waals surface area (Å²) in [6.07, 6.45) is 0. The number of hydrogen-bond acceptors (Lipinski definition) is 0. The summed E-state index contributed by atoms with van der Waals surface area (Å²) in [5.74, 6) is 0. The van der Waals surface area contributed by atoms with Crippen molar-refractivity contribution in [1.29, 1.82) is 0 Å². The molecule has 0 aliphatic carbocycles. The molecular weight excluding hydrogens is 300 g/mol. The van der Waals surface area contributed by atoms with Crippen LogP contribution in [-0.4, -0.2) is 25.8 Å². The van der Waals surface area contributed by atoms with E-state index < -0.39 is 0 Å². The van der Waals surface area contributed by atoms with Crippen LogP contribution in [0.1, 0.15) is 0 Å². The fourth-order valence-electron chi connectivity index (χ4n) is 0. The van der Waals surface area contributed by atoms with E-state index in [0.717, 1.165) is 0 Å². The van der Waals surface area contributed by atoms with Crippen LogP contribution in [0.5, 0.6) is 0 Å². The monoisotopic (exact) mass is 299 g/mol. The van der Waals surface area contributed by atoms with Gasteiger partial charge in [0.15, 0.2) is 0 Å². The molecule has 0 saturated heterocycles. The van der Waals surface area contributed by atoms with E-state index in [-0.39, 0.29) is 84.3 Å². The SMILES string of the molecule is [Fe+3].[In+3].[O-2].[O-2].[O-2].[O-2].[Zn+2]. The van der Waals surface area contributed by atoms with Gasteiger partial charge in [-0.2, -0.15) is 0 Å². The van der Waals surface area contributed by atoms with Gasteiger partial charge < -0.3 is 21.9 Å². The van der Waals surface area contributed by atoms with Crippen LogP contribution >= 0.6 is 0 Å². The van der Waals surface area contributed by atoms with Crippen LogP contribution in [0.2, 0.25) is 0 Å². The normalized spacial score (nSPS) is 0. The third kappa shape index (κ3) is 78.4. The van der Waals surface area contributed by atoms with E-state index in [9.17, 15) is 0 Å². The van der Waals surface area contributed by atoms with Gasteiger partial charge in [0.25, 0.3) is 0 Å². The Balaban J connectivity index is 0. The molecule has 1 radical (unpaired) electrons. The summed E-state index contributed by atoms with van der Waals surface area (Å²) in [5, 5.41) is 0. The van der Waals surface area contributed by atoms with Crippen molar-refractivity contribution in [2.75, 3.05) is 0 Å². The predicted octanol–water partition coefficient (Wildman–Crippen LogP) is -0.861. The fourth-order valence-corrected chi connectivity index (χ4v) is 0. The summed E-state index contributed by atoms with van der Waals surface area (Å²) >= 11 is 0. The van der Waals surface area contributed by atoms with Crippen LogP contribution in [0.15, 0.2) is 0 Å². The molecule has 0 aromatic rings. The third-order valence-corrected chi connectivity index (χ3v) is 0. The van der Waals surface area contributed by atoms with Crippen molar-refractivity contribution >= 4 is 25.8 Å². The van der Waals surface area contributed by atoms with Gasteiger partial charge in [0.1, 0.15) is 0 Å². The molecule has 4 nitrogen and oxygen atoms in total. The molecule has 0 aliphatic rings. The Hall–Kier alpha value is 1.85. The maximum absolute atomic E-state index is 0. The Labute approximate surface area is 83.7 Å². The molecule has 0 fully saturated rings. The van der Waals surface area contributed by atoms with Crippen LogP contribution in [0, 0.1) is 0 Å². The summed E-state index contributed by atoms with van der Waals surface area (Å²) in [5.41, 5.74) is 0. The molecular formula is FeInO4Zn. The summed E-state index contributed by atoms with van der Waals surface area (Å²) in [6.45, 7) is 0. The quantitative estimate of drug-likeness (QED) is 0.518. The first-order valence-electron chi connectivity index (χ1n) is 0. The first-order valence-corrected chi connectivity index (χ1v) is 0. The fraction of sp³-hybridized carbons (Fsp3) is 0. The maximum atomic E-state index is 0. The smallest absolute Gasteiger partial charge is 2.00 e. The molecule has 0 spiro atoms. The second-order valence-electron chi connectivity index (χ2n) is 0. The number of hydrogen-bond donors (Lipinski definition) is 0. The van der Waals surface area contributed by atoms with Crippen LogP contribution in [0.25, 0.3) is 0 Å². The zero-order valence-electron chi connectivity index (χ0n) is 3.27. The molecule has 0 aliphatic heterocycles. The Morgan fingerprint density at radius 3 is 0.571 bits per heavy atom. The van der Waals surface area contributed by atoms with Crippen molar-refractivity contribution in [2.24, 2.45) is 0 Å².